The summed E-state index contributed by atoms with van der Waals surface area (Å²) in [7, 11) is 0. The molecular formula is C23H27NO5S. The summed E-state index contributed by atoms with van der Waals surface area (Å²) in [5.74, 6) is -1.50. The first-order chi connectivity index (χ1) is 14.1. The molecule has 0 radical (unpaired) electrons. The molecule has 0 heterocycles. The fourth-order valence-corrected chi connectivity index (χ4v) is 2.78. The number of carbonyl (C=O) groups excluding carboxylic acids is 3. The molecule has 2 aromatic carbocycles. The molecular weight excluding hydrogens is 402 g/mol. The summed E-state index contributed by atoms with van der Waals surface area (Å²) < 4.78 is 9.92. The van der Waals surface area contributed by atoms with Gasteiger partial charge in [-0.3, -0.25) is 9.59 Å². The molecule has 2 aromatic rings. The molecule has 6 nitrogen and oxygen atoms in total. The molecule has 160 valence electrons. The highest BCUT2D eigenvalue weighted by Crippen LogP contribution is 2.24. The van der Waals surface area contributed by atoms with Gasteiger partial charge in [-0.25, -0.2) is 4.79 Å². The molecule has 30 heavy (non-hydrogen) atoms. The van der Waals surface area contributed by atoms with Crippen molar-refractivity contribution in [3.63, 3.8) is 0 Å². The summed E-state index contributed by atoms with van der Waals surface area (Å²) in [6.45, 7) is 6.57. The quantitative estimate of drug-likeness (QED) is 0.387. The lowest BCUT2D eigenvalue weighted by Crippen LogP contribution is -2.28. The Morgan fingerprint density at radius 2 is 1.67 bits per heavy atom. The summed E-state index contributed by atoms with van der Waals surface area (Å²) in [6.07, 6.45) is 0. The minimum absolute atomic E-state index is 0.0971. The number of ether oxygens (including phenoxy) is 2. The first-order valence-electron chi connectivity index (χ1n) is 9.58. The van der Waals surface area contributed by atoms with Crippen molar-refractivity contribution >= 4 is 36.2 Å². The van der Waals surface area contributed by atoms with Gasteiger partial charge in [-0.15, -0.1) is 0 Å². The topological polar surface area (TPSA) is 81.7 Å². The van der Waals surface area contributed by atoms with Crippen LogP contribution in [-0.4, -0.2) is 29.9 Å². The number of thiol groups is 1. The average molecular weight is 430 g/mol. The van der Waals surface area contributed by atoms with Crippen LogP contribution in [0.5, 0.6) is 0 Å². The number of anilines is 1. The van der Waals surface area contributed by atoms with Crippen molar-refractivity contribution in [2.75, 3.05) is 12.1 Å². The third kappa shape index (κ3) is 6.62. The third-order valence-corrected chi connectivity index (χ3v) is 5.11. The molecule has 0 aliphatic rings. The molecule has 0 aliphatic carbocycles. The van der Waals surface area contributed by atoms with Gasteiger partial charge in [0.15, 0.2) is 0 Å². The fourth-order valence-electron chi connectivity index (χ4n) is 2.54. The predicted molar refractivity (Wildman–Crippen MR) is 119 cm³/mol. The van der Waals surface area contributed by atoms with Crippen LogP contribution in [0.2, 0.25) is 0 Å². The number of benzene rings is 2. The van der Waals surface area contributed by atoms with Gasteiger partial charge in [0.25, 0.3) is 0 Å². The molecule has 0 spiro atoms. The minimum atomic E-state index is -0.684. The monoisotopic (exact) mass is 429 g/mol. The first-order valence-corrected chi connectivity index (χ1v) is 10.1. The molecule has 0 saturated heterocycles. The summed E-state index contributed by atoms with van der Waals surface area (Å²) in [5.41, 5.74) is 0.998. The first kappa shape index (κ1) is 23.5. The lowest BCUT2D eigenvalue weighted by Gasteiger charge is -2.19. The molecule has 1 N–H and O–H groups in total. The Morgan fingerprint density at radius 1 is 1.00 bits per heavy atom. The normalized spacial score (nSPS) is 13.1. The maximum atomic E-state index is 12.6. The second-order valence-corrected chi connectivity index (χ2v) is 8.50. The van der Waals surface area contributed by atoms with Crippen LogP contribution in [0.15, 0.2) is 54.6 Å². The molecule has 0 aromatic heterocycles. The maximum absolute atomic E-state index is 12.6. The van der Waals surface area contributed by atoms with Crippen LogP contribution >= 0.6 is 12.6 Å². The van der Waals surface area contributed by atoms with Crippen LogP contribution in [-0.2, 0) is 19.1 Å². The van der Waals surface area contributed by atoms with Crippen LogP contribution in [0.1, 0.15) is 49.5 Å². The molecule has 7 heteroatoms. The Labute approximate surface area is 182 Å². The Kier molecular flexibility index (Phi) is 8.06. The Hall–Kier alpha value is -2.80. The van der Waals surface area contributed by atoms with Gasteiger partial charge in [0.1, 0.15) is 0 Å². The van der Waals surface area contributed by atoms with Crippen LogP contribution < -0.4 is 5.32 Å². The van der Waals surface area contributed by atoms with E-state index >= 15 is 0 Å². The number of hydrogen-bond donors (Lipinski definition) is 2. The zero-order valence-corrected chi connectivity index (χ0v) is 18.4. The van der Waals surface area contributed by atoms with Crippen LogP contribution in [0.25, 0.3) is 0 Å². The van der Waals surface area contributed by atoms with E-state index in [2.05, 4.69) is 17.9 Å². The van der Waals surface area contributed by atoms with Crippen LogP contribution in [0, 0.1) is 5.41 Å². The largest absolute Gasteiger partial charge is 0.427 e. The van der Waals surface area contributed by atoms with Crippen molar-refractivity contribution in [2.45, 2.75) is 38.9 Å². The molecule has 0 fully saturated rings. The SMILES string of the molecule is CC(c1ccccc1)C(S)C(=O)Nc1cccc(C(=O)OCOC(=O)C(C)(C)C)c1. The summed E-state index contributed by atoms with van der Waals surface area (Å²) in [4.78, 5) is 36.5. The lowest BCUT2D eigenvalue weighted by atomic mass is 9.97. The van der Waals surface area contributed by atoms with E-state index in [1.54, 1.807) is 39.0 Å². The van der Waals surface area contributed by atoms with E-state index in [0.717, 1.165) is 5.56 Å². The Balaban J connectivity index is 1.95. The second kappa shape index (κ2) is 10.3. The number of amides is 1. The lowest BCUT2D eigenvalue weighted by molar-refractivity contribution is -0.161. The maximum Gasteiger partial charge on any atom is 0.341 e. The minimum Gasteiger partial charge on any atom is -0.427 e. The molecule has 0 bridgehead atoms. The van der Waals surface area contributed by atoms with Gasteiger partial charge in [0.2, 0.25) is 12.7 Å². The average Bonchev–Trinajstić information content (AvgIpc) is 2.72. The summed E-state index contributed by atoms with van der Waals surface area (Å²) in [5, 5.41) is 2.20. The number of esters is 2. The second-order valence-electron chi connectivity index (χ2n) is 7.95. The summed E-state index contributed by atoms with van der Waals surface area (Å²) >= 11 is 4.46. The van der Waals surface area contributed by atoms with E-state index in [-0.39, 0.29) is 17.4 Å². The van der Waals surface area contributed by atoms with Crippen molar-refractivity contribution in [1.29, 1.82) is 0 Å². The molecule has 2 unspecified atom stereocenters. The van der Waals surface area contributed by atoms with Gasteiger partial charge in [-0.1, -0.05) is 43.3 Å². The van der Waals surface area contributed by atoms with Crippen molar-refractivity contribution in [1.82, 2.24) is 0 Å². The fraction of sp³-hybridized carbons (Fsp3) is 0.348. The number of rotatable bonds is 7. The highest BCUT2D eigenvalue weighted by atomic mass is 32.1. The van der Waals surface area contributed by atoms with Crippen molar-refractivity contribution in [3.8, 4) is 0 Å². The summed E-state index contributed by atoms with van der Waals surface area (Å²) in [6, 6.07) is 16.0. The van der Waals surface area contributed by atoms with Gasteiger partial charge >= 0.3 is 11.9 Å². The van der Waals surface area contributed by atoms with E-state index in [9.17, 15) is 14.4 Å². The van der Waals surface area contributed by atoms with Crippen molar-refractivity contribution < 1.29 is 23.9 Å². The Bertz CT molecular complexity index is 892. The molecule has 0 aliphatic heterocycles. The van der Waals surface area contributed by atoms with Gasteiger partial charge in [0, 0.05) is 11.6 Å². The standard InChI is InChI=1S/C23H27NO5S/c1-15(16-9-6-5-7-10-16)19(30)20(25)24-18-12-8-11-17(13-18)21(26)28-14-29-22(27)23(2,3)4/h5-13,15,19,30H,14H2,1-4H3,(H,24,25). The van der Waals surface area contributed by atoms with Crippen LogP contribution in [0.4, 0.5) is 5.69 Å². The predicted octanol–water partition coefficient (Wildman–Crippen LogP) is 4.43. The molecule has 2 atom stereocenters. The van der Waals surface area contributed by atoms with E-state index < -0.39 is 29.4 Å². The van der Waals surface area contributed by atoms with E-state index in [0.29, 0.717) is 5.69 Å². The van der Waals surface area contributed by atoms with E-state index in [4.69, 9.17) is 9.47 Å². The van der Waals surface area contributed by atoms with E-state index in [1.807, 2.05) is 37.3 Å². The zero-order valence-electron chi connectivity index (χ0n) is 17.5. The zero-order chi connectivity index (χ0) is 22.3. The molecule has 2 rings (SSSR count). The van der Waals surface area contributed by atoms with Crippen molar-refractivity contribution in [2.24, 2.45) is 5.41 Å². The number of nitrogens with one attached hydrogen (secondary N) is 1. The molecule has 0 saturated carbocycles. The smallest absolute Gasteiger partial charge is 0.341 e. The third-order valence-electron chi connectivity index (χ3n) is 4.43. The molecule has 1 amide bonds. The van der Waals surface area contributed by atoms with Crippen LogP contribution in [0.3, 0.4) is 0 Å². The van der Waals surface area contributed by atoms with E-state index in [1.165, 1.54) is 6.07 Å². The Morgan fingerprint density at radius 3 is 2.30 bits per heavy atom. The van der Waals surface area contributed by atoms with Gasteiger partial charge < -0.3 is 14.8 Å². The van der Waals surface area contributed by atoms with Gasteiger partial charge in [-0.2, -0.15) is 12.6 Å². The van der Waals surface area contributed by atoms with Gasteiger partial charge in [0.05, 0.1) is 16.2 Å². The van der Waals surface area contributed by atoms with Crippen molar-refractivity contribution in [3.05, 3.63) is 65.7 Å². The highest BCUT2D eigenvalue weighted by molar-refractivity contribution is 7.81. The van der Waals surface area contributed by atoms with Gasteiger partial charge in [-0.05, 0) is 44.5 Å². The number of hydrogen-bond acceptors (Lipinski definition) is 6. The highest BCUT2D eigenvalue weighted by Gasteiger charge is 2.24. The number of carbonyl (C=O) groups is 3.